The monoisotopic (exact) mass is 490 g/mol. The number of halogens is 1. The van der Waals surface area contributed by atoms with Gasteiger partial charge < -0.3 is 0 Å². The number of para-hydroxylation sites is 1. The third-order valence-corrected chi connectivity index (χ3v) is 8.75. The van der Waals surface area contributed by atoms with E-state index in [-0.39, 0.29) is 22.5 Å². The fourth-order valence-corrected chi connectivity index (χ4v) is 6.48. The van der Waals surface area contributed by atoms with E-state index in [0.717, 1.165) is 7.14 Å². The fourth-order valence-electron chi connectivity index (χ4n) is 2.59. The molecule has 0 bridgehead atoms. The Kier molecular flexibility index (Phi) is 5.93. The van der Waals surface area contributed by atoms with Crippen molar-refractivity contribution in [1.29, 1.82) is 0 Å². The minimum atomic E-state index is -2.58. The molecule has 0 aromatic heterocycles. The Morgan fingerprint density at radius 1 is 0.821 bits per heavy atom. The van der Waals surface area contributed by atoms with Crippen LogP contribution in [0.2, 0.25) is 0 Å². The number of carbonyl (C=O) groups is 1. The van der Waals surface area contributed by atoms with Crippen LogP contribution in [0.25, 0.3) is 0 Å². The molecule has 4 nitrogen and oxygen atoms in total. The SMILES string of the molecule is CC(C)(C)c1ccc(I(OC(=O)c2ccccc2O)c2ccc(O)cc2)cc1. The van der Waals surface area contributed by atoms with Gasteiger partial charge in [0, 0.05) is 0 Å². The first-order chi connectivity index (χ1) is 13.3. The molecule has 0 radical (unpaired) electrons. The van der Waals surface area contributed by atoms with E-state index >= 15 is 0 Å². The second-order valence-corrected chi connectivity index (χ2v) is 11.7. The van der Waals surface area contributed by atoms with Gasteiger partial charge in [-0.25, -0.2) is 0 Å². The maximum atomic E-state index is 12.7. The van der Waals surface area contributed by atoms with Gasteiger partial charge in [-0.1, -0.05) is 0 Å². The molecule has 146 valence electrons. The Hall–Kier alpha value is -2.54. The molecule has 5 heteroatoms. The molecule has 0 unspecified atom stereocenters. The van der Waals surface area contributed by atoms with Gasteiger partial charge in [0.1, 0.15) is 0 Å². The number of carbonyl (C=O) groups excluding carboxylic acids is 1. The van der Waals surface area contributed by atoms with Gasteiger partial charge in [-0.2, -0.15) is 0 Å². The molecule has 0 aliphatic carbocycles. The van der Waals surface area contributed by atoms with Crippen molar-refractivity contribution < 1.29 is 18.1 Å². The van der Waals surface area contributed by atoms with Crippen LogP contribution in [0.4, 0.5) is 0 Å². The standard InChI is InChI=1S/C23H23IO4/c1-23(2,3)16-8-10-17(11-9-16)24(18-12-14-19(25)15-13-18)28-22(27)20-6-4-5-7-21(20)26/h4-15,25-26H,1-3H3. The van der Waals surface area contributed by atoms with Crippen molar-refractivity contribution in [1.82, 2.24) is 0 Å². The zero-order chi connectivity index (χ0) is 20.3. The number of phenols is 2. The van der Waals surface area contributed by atoms with E-state index in [0.29, 0.717) is 0 Å². The minimum absolute atomic E-state index is 0.0304. The maximum absolute atomic E-state index is 12.7. The summed E-state index contributed by atoms with van der Waals surface area (Å²) in [5, 5.41) is 19.6. The molecule has 0 spiro atoms. The van der Waals surface area contributed by atoms with Gasteiger partial charge in [-0.3, -0.25) is 0 Å². The average molecular weight is 490 g/mol. The Balaban J connectivity index is 1.97. The van der Waals surface area contributed by atoms with E-state index in [1.54, 1.807) is 42.5 Å². The molecule has 3 rings (SSSR count). The predicted octanol–water partition coefficient (Wildman–Crippen LogP) is 5.71. The third-order valence-electron chi connectivity index (χ3n) is 4.20. The van der Waals surface area contributed by atoms with Gasteiger partial charge in [-0.15, -0.1) is 0 Å². The van der Waals surface area contributed by atoms with E-state index in [2.05, 4.69) is 32.9 Å². The van der Waals surface area contributed by atoms with Crippen LogP contribution in [0.1, 0.15) is 36.7 Å². The topological polar surface area (TPSA) is 66.8 Å². The molecular formula is C23H23IO4. The number of benzene rings is 3. The predicted molar refractivity (Wildman–Crippen MR) is 118 cm³/mol. The zero-order valence-electron chi connectivity index (χ0n) is 16.0. The van der Waals surface area contributed by atoms with Crippen molar-refractivity contribution in [3.8, 4) is 11.5 Å². The first-order valence-electron chi connectivity index (χ1n) is 8.86. The molecule has 0 fully saturated rings. The molecule has 0 aliphatic heterocycles. The molecule has 0 aliphatic rings. The van der Waals surface area contributed by atoms with Crippen molar-refractivity contribution in [3.05, 3.63) is 91.1 Å². The van der Waals surface area contributed by atoms with Crippen molar-refractivity contribution in [2.45, 2.75) is 26.2 Å². The second kappa shape index (κ2) is 8.22. The Morgan fingerprint density at radius 2 is 1.36 bits per heavy atom. The van der Waals surface area contributed by atoms with Crippen molar-refractivity contribution in [2.24, 2.45) is 0 Å². The quantitative estimate of drug-likeness (QED) is 0.460. The Labute approximate surface area is 172 Å². The first-order valence-corrected chi connectivity index (χ1v) is 11.9. The number of rotatable bonds is 4. The van der Waals surface area contributed by atoms with E-state index < -0.39 is 26.2 Å². The van der Waals surface area contributed by atoms with Gasteiger partial charge in [0.05, 0.1) is 0 Å². The van der Waals surface area contributed by atoms with Gasteiger partial charge in [0.25, 0.3) is 0 Å². The summed E-state index contributed by atoms with van der Waals surface area (Å²) in [5.41, 5.74) is 1.38. The van der Waals surface area contributed by atoms with E-state index in [9.17, 15) is 15.0 Å². The van der Waals surface area contributed by atoms with Crippen LogP contribution in [0.5, 0.6) is 11.5 Å². The zero-order valence-corrected chi connectivity index (χ0v) is 18.2. The Morgan fingerprint density at radius 3 is 1.89 bits per heavy atom. The van der Waals surface area contributed by atoms with Crippen LogP contribution in [-0.2, 0) is 8.48 Å². The van der Waals surface area contributed by atoms with E-state index in [1.807, 2.05) is 12.1 Å². The summed E-state index contributed by atoms with van der Waals surface area (Å²) in [6.07, 6.45) is 0. The van der Waals surface area contributed by atoms with Crippen LogP contribution < -0.4 is 0 Å². The van der Waals surface area contributed by atoms with Gasteiger partial charge in [-0.05, 0) is 0 Å². The molecule has 0 saturated carbocycles. The van der Waals surface area contributed by atoms with Crippen molar-refractivity contribution in [2.75, 3.05) is 0 Å². The summed E-state index contributed by atoms with van der Waals surface area (Å²) in [6, 6.07) is 21.3. The summed E-state index contributed by atoms with van der Waals surface area (Å²) in [4.78, 5) is 12.7. The fraction of sp³-hybridized carbons (Fsp3) is 0.174. The van der Waals surface area contributed by atoms with Gasteiger partial charge >= 0.3 is 173 Å². The summed E-state index contributed by atoms with van der Waals surface area (Å²) in [7, 11) is 0. The molecular weight excluding hydrogens is 467 g/mol. The number of phenolic OH excluding ortho intramolecular Hbond substituents is 2. The molecule has 2 N–H and O–H groups in total. The molecule has 0 heterocycles. The van der Waals surface area contributed by atoms with Crippen LogP contribution in [0.3, 0.4) is 0 Å². The number of hydrogen-bond acceptors (Lipinski definition) is 4. The third kappa shape index (κ3) is 4.65. The summed E-state index contributed by atoms with van der Waals surface area (Å²) in [5.74, 6) is -0.483. The average Bonchev–Trinajstić information content (AvgIpc) is 2.66. The normalized spacial score (nSPS) is 11.8. The van der Waals surface area contributed by atoms with Crippen molar-refractivity contribution in [3.63, 3.8) is 0 Å². The van der Waals surface area contributed by atoms with E-state index in [1.165, 1.54) is 11.6 Å². The van der Waals surface area contributed by atoms with Crippen LogP contribution >= 0.6 is 20.2 Å². The van der Waals surface area contributed by atoms with Crippen LogP contribution in [-0.4, -0.2) is 16.2 Å². The van der Waals surface area contributed by atoms with E-state index in [4.69, 9.17) is 3.07 Å². The van der Waals surface area contributed by atoms with Crippen molar-refractivity contribution >= 4 is 26.2 Å². The molecule has 28 heavy (non-hydrogen) atoms. The van der Waals surface area contributed by atoms with Crippen LogP contribution in [0, 0.1) is 7.14 Å². The molecule has 0 amide bonds. The summed E-state index contributed by atoms with van der Waals surface area (Å²) in [6.45, 7) is 6.45. The molecule has 3 aromatic carbocycles. The van der Waals surface area contributed by atoms with Gasteiger partial charge in [0.2, 0.25) is 0 Å². The molecule has 0 atom stereocenters. The molecule has 0 saturated heterocycles. The second-order valence-electron chi connectivity index (χ2n) is 7.36. The van der Waals surface area contributed by atoms with Gasteiger partial charge in [0.15, 0.2) is 0 Å². The summed E-state index contributed by atoms with van der Waals surface area (Å²) < 4.78 is 7.78. The summed E-state index contributed by atoms with van der Waals surface area (Å²) >= 11 is -2.58. The van der Waals surface area contributed by atoms with Crippen LogP contribution in [0.15, 0.2) is 72.8 Å². The number of hydrogen-bond donors (Lipinski definition) is 2. The Bertz CT molecular complexity index is 957. The molecule has 3 aromatic rings. The number of aromatic hydroxyl groups is 2. The first kappa shape index (κ1) is 20.2.